The first kappa shape index (κ1) is 47.3. The molecule has 0 bridgehead atoms. The summed E-state index contributed by atoms with van der Waals surface area (Å²) in [6.07, 6.45) is 11.1. The Kier molecular flexibility index (Phi) is 12.2. The number of carbonyl (C=O) groups excluding carboxylic acids is 3. The SMILES string of the molecule is CC(C)C1=C2[C@H]3CC[C@@H]4[C@@]5(C)CC[C@H](OC(=O)[C@H]6C[C@@H](C(=O)O)C6(C)C)C(C)(C)[C@@H]5CC[C@@]4(C)[C@]3(C)CC[C@@]2(CCNCC(C)(C)NC(=O)c2ccc(O[C@@H]3CCOC3)cc2)CC1=O. The van der Waals surface area contributed by atoms with Gasteiger partial charge >= 0.3 is 11.9 Å². The van der Waals surface area contributed by atoms with Gasteiger partial charge in [0.05, 0.1) is 25.0 Å². The van der Waals surface area contributed by atoms with Gasteiger partial charge in [-0.3, -0.25) is 19.2 Å². The van der Waals surface area contributed by atoms with Crippen LogP contribution < -0.4 is 15.4 Å². The minimum atomic E-state index is -0.826. The van der Waals surface area contributed by atoms with Gasteiger partial charge in [-0.2, -0.15) is 0 Å². The highest BCUT2D eigenvalue weighted by atomic mass is 16.6. The third-order valence-corrected chi connectivity index (χ3v) is 19.7. The van der Waals surface area contributed by atoms with E-state index in [0.29, 0.717) is 55.1 Å². The van der Waals surface area contributed by atoms with Crippen molar-refractivity contribution in [2.45, 2.75) is 171 Å². The molecule has 8 rings (SSSR count). The molecule has 6 fully saturated rings. The quantitative estimate of drug-likeness (QED) is 0.130. The molecule has 1 aromatic carbocycles. The lowest BCUT2D eigenvalue weighted by Crippen LogP contribution is -2.66. The molecule has 64 heavy (non-hydrogen) atoms. The Labute approximate surface area is 383 Å². The van der Waals surface area contributed by atoms with Gasteiger partial charge in [0.25, 0.3) is 5.91 Å². The molecule has 1 heterocycles. The smallest absolute Gasteiger partial charge is 0.309 e. The summed E-state index contributed by atoms with van der Waals surface area (Å²) in [6, 6.07) is 7.35. The second kappa shape index (κ2) is 16.5. The number of aliphatic carboxylic acids is 1. The van der Waals surface area contributed by atoms with Crippen molar-refractivity contribution in [3.8, 4) is 5.75 Å². The Morgan fingerprint density at radius 2 is 1.58 bits per heavy atom. The number of esters is 1. The third kappa shape index (κ3) is 7.68. The maximum Gasteiger partial charge on any atom is 0.309 e. The number of benzene rings is 1. The molecule has 7 aliphatic rings. The van der Waals surface area contributed by atoms with Gasteiger partial charge in [-0.15, -0.1) is 0 Å². The summed E-state index contributed by atoms with van der Waals surface area (Å²) in [6.45, 7) is 27.5. The van der Waals surface area contributed by atoms with E-state index < -0.39 is 22.8 Å². The first-order chi connectivity index (χ1) is 29.9. The van der Waals surface area contributed by atoms with E-state index in [2.05, 4.69) is 72.9 Å². The lowest BCUT2D eigenvalue weighted by atomic mass is 9.33. The zero-order chi connectivity index (χ0) is 46.4. The van der Waals surface area contributed by atoms with Crippen molar-refractivity contribution in [3.05, 3.63) is 41.0 Å². The lowest BCUT2D eigenvalue weighted by Gasteiger charge is -2.72. The number of fused-ring (bicyclic) bond motifs is 7. The zero-order valence-corrected chi connectivity index (χ0v) is 41.0. The number of ketones is 1. The number of amides is 1. The molecule has 354 valence electrons. The highest BCUT2D eigenvalue weighted by molar-refractivity contribution is 6.00. The molecule has 5 saturated carbocycles. The van der Waals surface area contributed by atoms with Crippen molar-refractivity contribution >= 4 is 23.6 Å². The number of allylic oxidation sites excluding steroid dienone is 2. The van der Waals surface area contributed by atoms with Crippen LogP contribution in [0.25, 0.3) is 0 Å². The number of carbonyl (C=O) groups is 4. The van der Waals surface area contributed by atoms with Gasteiger partial charge in [0.15, 0.2) is 5.78 Å². The summed E-state index contributed by atoms with van der Waals surface area (Å²) >= 11 is 0. The third-order valence-electron chi connectivity index (χ3n) is 19.7. The van der Waals surface area contributed by atoms with Crippen LogP contribution in [0, 0.1) is 68.0 Å². The number of nitrogens with one attached hydrogen (secondary N) is 2. The summed E-state index contributed by atoms with van der Waals surface area (Å²) < 4.78 is 17.9. The number of rotatable bonds is 13. The van der Waals surface area contributed by atoms with E-state index in [1.165, 1.54) is 5.57 Å². The van der Waals surface area contributed by atoms with Crippen LogP contribution in [0.3, 0.4) is 0 Å². The van der Waals surface area contributed by atoms with Crippen LogP contribution in [0.15, 0.2) is 35.4 Å². The molecule has 0 unspecified atom stereocenters. The molecule has 0 aromatic heterocycles. The van der Waals surface area contributed by atoms with E-state index >= 15 is 0 Å². The van der Waals surface area contributed by atoms with E-state index in [4.69, 9.17) is 14.2 Å². The first-order valence-electron chi connectivity index (χ1n) is 25.0. The van der Waals surface area contributed by atoms with Crippen LogP contribution in [-0.2, 0) is 23.9 Å². The average Bonchev–Trinajstić information content (AvgIpc) is 3.82. The highest BCUT2D eigenvalue weighted by Crippen LogP contribution is 2.77. The molecule has 1 aliphatic heterocycles. The van der Waals surface area contributed by atoms with Crippen molar-refractivity contribution in [1.82, 2.24) is 10.6 Å². The van der Waals surface area contributed by atoms with Crippen LogP contribution in [0.5, 0.6) is 5.75 Å². The van der Waals surface area contributed by atoms with E-state index in [1.807, 2.05) is 38.1 Å². The Bertz CT molecular complexity index is 2030. The number of ether oxygens (including phenoxy) is 3. The largest absolute Gasteiger partial charge is 0.488 e. The normalized spacial score (nSPS) is 38.6. The van der Waals surface area contributed by atoms with Gasteiger partial charge in [-0.25, -0.2) is 0 Å². The second-order valence-corrected chi connectivity index (χ2v) is 24.7. The maximum absolute atomic E-state index is 14.2. The molecular weight excluding hydrogens is 805 g/mol. The molecule has 1 saturated heterocycles. The fraction of sp³-hybridized carbons (Fsp3) is 0.778. The fourth-order valence-corrected chi connectivity index (χ4v) is 15.8. The van der Waals surface area contributed by atoms with Gasteiger partial charge in [-0.05, 0) is 160 Å². The second-order valence-electron chi connectivity index (χ2n) is 24.7. The van der Waals surface area contributed by atoms with Crippen LogP contribution in [0.2, 0.25) is 0 Å². The summed E-state index contributed by atoms with van der Waals surface area (Å²) in [5.41, 5.74) is 2.05. The summed E-state index contributed by atoms with van der Waals surface area (Å²) in [5, 5.41) is 16.7. The van der Waals surface area contributed by atoms with Gasteiger partial charge in [0.2, 0.25) is 0 Å². The van der Waals surface area contributed by atoms with Crippen molar-refractivity contribution in [3.63, 3.8) is 0 Å². The molecule has 3 N–H and O–H groups in total. The van der Waals surface area contributed by atoms with Gasteiger partial charge in [0.1, 0.15) is 18.0 Å². The molecule has 11 atom stereocenters. The molecule has 10 nitrogen and oxygen atoms in total. The standard InChI is InChI=1S/C54H80N2O8/c1-32(2)43-39(57)29-54(25-26-55-31-48(3,4)56-45(58)33-12-14-34(15-13-33)63-35-20-27-62-30-35)24-23-52(10)36(44(43)54)16-17-41-51(9)21-19-42(50(7,8)40(51)18-22-53(41,52)11)64-47(61)38-28-37(46(59)60)49(38,5)6/h12-15,32,35-38,40-42,55H,16-31H2,1-11H3,(H,56,58)(H,59,60)/t35-,36-,37+,38-,40+,41-,42+,51+,52-,53-,54-/m1/s1. The van der Waals surface area contributed by atoms with E-state index in [0.717, 1.165) is 88.7 Å². The van der Waals surface area contributed by atoms with E-state index in [9.17, 15) is 24.3 Å². The van der Waals surface area contributed by atoms with Crippen LogP contribution in [0.1, 0.15) is 164 Å². The molecule has 6 aliphatic carbocycles. The van der Waals surface area contributed by atoms with Crippen LogP contribution >= 0.6 is 0 Å². The molecule has 0 radical (unpaired) electrons. The predicted octanol–water partition coefficient (Wildman–Crippen LogP) is 9.98. The first-order valence-corrected chi connectivity index (χ1v) is 25.0. The number of carboxylic acid groups (broad SMARTS) is 1. The minimum absolute atomic E-state index is 0.0612. The van der Waals surface area contributed by atoms with Crippen molar-refractivity contribution < 1.29 is 38.5 Å². The predicted molar refractivity (Wildman–Crippen MR) is 248 cm³/mol. The van der Waals surface area contributed by atoms with Gasteiger partial charge in [-0.1, -0.05) is 67.9 Å². The Balaban J connectivity index is 0.934. The van der Waals surface area contributed by atoms with Gasteiger partial charge in [0, 0.05) is 41.3 Å². The molecular formula is C54H80N2O8. The summed E-state index contributed by atoms with van der Waals surface area (Å²) in [7, 11) is 0. The number of hydrogen-bond acceptors (Lipinski definition) is 8. The number of Topliss-reactive ketones (excluding diaryl/α,β-unsaturated/α-hetero) is 1. The maximum atomic E-state index is 14.2. The number of carboxylic acids is 1. The average molecular weight is 885 g/mol. The Hall–Kier alpha value is -3.24. The lowest BCUT2D eigenvalue weighted by molar-refractivity contribution is -0.236. The van der Waals surface area contributed by atoms with Crippen molar-refractivity contribution in [1.29, 1.82) is 0 Å². The summed E-state index contributed by atoms with van der Waals surface area (Å²) in [5.74, 6) is 0.556. The van der Waals surface area contributed by atoms with Crippen LogP contribution in [-0.4, -0.2) is 72.8 Å². The Morgan fingerprint density at radius 3 is 2.22 bits per heavy atom. The fourth-order valence-electron chi connectivity index (χ4n) is 15.8. The molecule has 1 aromatic rings. The van der Waals surface area contributed by atoms with E-state index in [1.54, 1.807) is 0 Å². The highest BCUT2D eigenvalue weighted by Gasteiger charge is 2.70. The molecule has 1 amide bonds. The number of hydrogen-bond donors (Lipinski definition) is 3. The van der Waals surface area contributed by atoms with Crippen molar-refractivity contribution in [2.24, 2.45) is 68.0 Å². The van der Waals surface area contributed by atoms with Crippen molar-refractivity contribution in [2.75, 3.05) is 26.3 Å². The minimum Gasteiger partial charge on any atom is -0.488 e. The molecule has 10 heteroatoms. The summed E-state index contributed by atoms with van der Waals surface area (Å²) in [4.78, 5) is 53.1. The molecule has 0 spiro atoms. The van der Waals surface area contributed by atoms with E-state index in [-0.39, 0.29) is 63.0 Å². The van der Waals surface area contributed by atoms with Crippen LogP contribution in [0.4, 0.5) is 0 Å². The Morgan fingerprint density at radius 1 is 0.859 bits per heavy atom. The topological polar surface area (TPSA) is 140 Å². The zero-order valence-electron chi connectivity index (χ0n) is 41.0. The van der Waals surface area contributed by atoms with Gasteiger partial charge < -0.3 is 30.0 Å². The monoisotopic (exact) mass is 885 g/mol.